The minimum atomic E-state index is -1.25. The molecule has 1 unspecified atom stereocenters. The Hall–Kier alpha value is -1.35. The van der Waals surface area contributed by atoms with Crippen molar-refractivity contribution in [3.8, 4) is 0 Å². The lowest BCUT2D eigenvalue weighted by Crippen LogP contribution is -2.29. The zero-order valence-corrected chi connectivity index (χ0v) is 11.4. The van der Waals surface area contributed by atoms with Gasteiger partial charge in [0.2, 0.25) is 0 Å². The minimum absolute atomic E-state index is 0.241. The predicted octanol–water partition coefficient (Wildman–Crippen LogP) is 3.16. The van der Waals surface area contributed by atoms with E-state index in [4.69, 9.17) is 5.11 Å². The lowest BCUT2D eigenvalue weighted by atomic mass is 9.84. The highest BCUT2D eigenvalue weighted by Crippen LogP contribution is 2.32. The fourth-order valence-corrected chi connectivity index (χ4v) is 2.09. The standard InChI is InChI=1S/C15H22O3/c1-4-5-8-15(18,10-14(16)17)13-7-6-11(2)12(3)9-13/h6-7,9,18H,4-5,8,10H2,1-3H3,(H,16,17). The van der Waals surface area contributed by atoms with E-state index in [0.717, 1.165) is 24.0 Å². The molecule has 1 rings (SSSR count). The van der Waals surface area contributed by atoms with Crippen LogP contribution in [0.2, 0.25) is 0 Å². The molecule has 1 atom stereocenters. The third kappa shape index (κ3) is 3.57. The molecule has 3 heteroatoms. The maximum absolute atomic E-state index is 10.9. The van der Waals surface area contributed by atoms with Crippen LogP contribution in [0.5, 0.6) is 0 Å². The number of hydrogen-bond donors (Lipinski definition) is 2. The Morgan fingerprint density at radius 1 is 1.28 bits per heavy atom. The lowest BCUT2D eigenvalue weighted by Gasteiger charge is -2.27. The van der Waals surface area contributed by atoms with Gasteiger partial charge in [-0.1, -0.05) is 38.0 Å². The maximum atomic E-state index is 10.9. The summed E-state index contributed by atoms with van der Waals surface area (Å²) in [6, 6.07) is 5.66. The first kappa shape index (κ1) is 14.7. The fraction of sp³-hybridized carbons (Fsp3) is 0.533. The van der Waals surface area contributed by atoms with E-state index in [9.17, 15) is 9.90 Å². The van der Waals surface area contributed by atoms with Crippen molar-refractivity contribution in [1.82, 2.24) is 0 Å². The zero-order chi connectivity index (χ0) is 13.8. The number of carboxylic acids is 1. The number of hydrogen-bond acceptors (Lipinski definition) is 2. The number of aliphatic hydroxyl groups is 1. The summed E-state index contributed by atoms with van der Waals surface area (Å²) < 4.78 is 0. The number of benzene rings is 1. The molecule has 0 spiro atoms. The van der Waals surface area contributed by atoms with Crippen molar-refractivity contribution in [2.45, 2.75) is 52.1 Å². The van der Waals surface area contributed by atoms with Gasteiger partial charge in [-0.3, -0.25) is 4.79 Å². The Morgan fingerprint density at radius 3 is 2.44 bits per heavy atom. The molecule has 0 aromatic heterocycles. The van der Waals surface area contributed by atoms with Gasteiger partial charge in [-0.2, -0.15) is 0 Å². The SMILES string of the molecule is CCCCC(O)(CC(=O)O)c1ccc(C)c(C)c1. The minimum Gasteiger partial charge on any atom is -0.481 e. The Bertz CT molecular complexity index is 426. The fourth-order valence-electron chi connectivity index (χ4n) is 2.09. The van der Waals surface area contributed by atoms with Crippen molar-refractivity contribution in [1.29, 1.82) is 0 Å². The van der Waals surface area contributed by atoms with Gasteiger partial charge >= 0.3 is 5.97 Å². The van der Waals surface area contributed by atoms with Gasteiger partial charge in [0.15, 0.2) is 0 Å². The van der Waals surface area contributed by atoms with Crippen LogP contribution in [0.3, 0.4) is 0 Å². The largest absolute Gasteiger partial charge is 0.481 e. The first-order valence-electron chi connectivity index (χ1n) is 6.41. The van der Waals surface area contributed by atoms with Crippen LogP contribution in [0, 0.1) is 13.8 Å². The topological polar surface area (TPSA) is 57.5 Å². The molecule has 18 heavy (non-hydrogen) atoms. The Kier molecular flexibility index (Phi) is 4.91. The molecule has 0 bridgehead atoms. The molecule has 1 aromatic rings. The molecule has 1 aromatic carbocycles. The molecule has 0 radical (unpaired) electrons. The second kappa shape index (κ2) is 6.01. The quantitative estimate of drug-likeness (QED) is 0.815. The molecule has 100 valence electrons. The third-order valence-corrected chi connectivity index (χ3v) is 3.43. The van der Waals surface area contributed by atoms with Gasteiger partial charge in [0.1, 0.15) is 5.60 Å². The van der Waals surface area contributed by atoms with Gasteiger partial charge in [-0.05, 0) is 37.0 Å². The summed E-state index contributed by atoms with van der Waals surface area (Å²) in [6.07, 6.45) is 2.00. The summed E-state index contributed by atoms with van der Waals surface area (Å²) in [7, 11) is 0. The monoisotopic (exact) mass is 250 g/mol. The van der Waals surface area contributed by atoms with Gasteiger partial charge in [0.05, 0.1) is 6.42 Å². The second-order valence-electron chi connectivity index (χ2n) is 5.00. The molecular weight excluding hydrogens is 228 g/mol. The Morgan fingerprint density at radius 2 is 1.94 bits per heavy atom. The number of carboxylic acid groups (broad SMARTS) is 1. The second-order valence-corrected chi connectivity index (χ2v) is 5.00. The maximum Gasteiger partial charge on any atom is 0.306 e. The van der Waals surface area contributed by atoms with Crippen LogP contribution >= 0.6 is 0 Å². The van der Waals surface area contributed by atoms with Crippen LogP contribution in [0.15, 0.2) is 18.2 Å². The first-order valence-corrected chi connectivity index (χ1v) is 6.41. The van der Waals surface area contributed by atoms with Crippen LogP contribution in [-0.2, 0) is 10.4 Å². The number of aliphatic carboxylic acids is 1. The Labute approximate surface area is 108 Å². The highest BCUT2D eigenvalue weighted by atomic mass is 16.4. The van der Waals surface area contributed by atoms with Crippen LogP contribution in [0.1, 0.15) is 49.3 Å². The number of rotatable bonds is 6. The molecule has 0 amide bonds. The summed E-state index contributed by atoms with van der Waals surface area (Å²) in [4.78, 5) is 10.9. The van der Waals surface area contributed by atoms with E-state index in [0.29, 0.717) is 12.0 Å². The highest BCUT2D eigenvalue weighted by molar-refractivity contribution is 5.68. The molecule has 0 aliphatic carbocycles. The zero-order valence-electron chi connectivity index (χ0n) is 11.4. The molecule has 3 nitrogen and oxygen atoms in total. The summed E-state index contributed by atoms with van der Waals surface area (Å²) in [5.74, 6) is -0.966. The van der Waals surface area contributed by atoms with Crippen molar-refractivity contribution in [2.75, 3.05) is 0 Å². The molecule has 0 aliphatic rings. The van der Waals surface area contributed by atoms with E-state index in [-0.39, 0.29) is 6.42 Å². The number of aryl methyl sites for hydroxylation is 2. The van der Waals surface area contributed by atoms with E-state index in [1.807, 2.05) is 39.0 Å². The summed E-state index contributed by atoms with van der Waals surface area (Å²) in [6.45, 7) is 6.00. The molecule has 2 N–H and O–H groups in total. The summed E-state index contributed by atoms with van der Waals surface area (Å²) in [5.41, 5.74) is 1.68. The molecule has 0 fully saturated rings. The van der Waals surface area contributed by atoms with E-state index < -0.39 is 11.6 Å². The molecule has 0 saturated carbocycles. The van der Waals surface area contributed by atoms with Crippen LogP contribution in [0.4, 0.5) is 0 Å². The van der Waals surface area contributed by atoms with Crippen molar-refractivity contribution >= 4 is 5.97 Å². The average Bonchev–Trinajstić information content (AvgIpc) is 2.29. The third-order valence-electron chi connectivity index (χ3n) is 3.43. The van der Waals surface area contributed by atoms with Crippen LogP contribution < -0.4 is 0 Å². The number of carbonyl (C=O) groups is 1. The van der Waals surface area contributed by atoms with Crippen molar-refractivity contribution in [3.05, 3.63) is 34.9 Å². The smallest absolute Gasteiger partial charge is 0.306 e. The van der Waals surface area contributed by atoms with Gasteiger partial charge in [0, 0.05) is 0 Å². The van der Waals surface area contributed by atoms with Crippen molar-refractivity contribution in [2.24, 2.45) is 0 Å². The van der Waals surface area contributed by atoms with Gasteiger partial charge in [-0.25, -0.2) is 0 Å². The van der Waals surface area contributed by atoms with E-state index in [1.165, 1.54) is 0 Å². The van der Waals surface area contributed by atoms with Gasteiger partial charge in [-0.15, -0.1) is 0 Å². The molecular formula is C15H22O3. The highest BCUT2D eigenvalue weighted by Gasteiger charge is 2.31. The van der Waals surface area contributed by atoms with Crippen molar-refractivity contribution in [3.63, 3.8) is 0 Å². The molecule has 0 saturated heterocycles. The van der Waals surface area contributed by atoms with E-state index in [2.05, 4.69) is 0 Å². The van der Waals surface area contributed by atoms with Crippen LogP contribution in [-0.4, -0.2) is 16.2 Å². The molecule has 0 heterocycles. The first-order chi connectivity index (χ1) is 8.39. The normalized spacial score (nSPS) is 14.2. The van der Waals surface area contributed by atoms with Crippen molar-refractivity contribution < 1.29 is 15.0 Å². The number of unbranched alkanes of at least 4 members (excludes halogenated alkanes) is 1. The van der Waals surface area contributed by atoms with E-state index in [1.54, 1.807) is 0 Å². The molecule has 0 aliphatic heterocycles. The summed E-state index contributed by atoms with van der Waals surface area (Å²) in [5, 5.41) is 19.6. The predicted molar refractivity (Wildman–Crippen MR) is 71.6 cm³/mol. The van der Waals surface area contributed by atoms with Crippen LogP contribution in [0.25, 0.3) is 0 Å². The van der Waals surface area contributed by atoms with Gasteiger partial charge in [0.25, 0.3) is 0 Å². The lowest BCUT2D eigenvalue weighted by molar-refractivity contribution is -0.143. The van der Waals surface area contributed by atoms with E-state index >= 15 is 0 Å². The summed E-state index contributed by atoms with van der Waals surface area (Å²) >= 11 is 0. The van der Waals surface area contributed by atoms with Gasteiger partial charge < -0.3 is 10.2 Å². The Balaban J connectivity index is 3.07. The average molecular weight is 250 g/mol.